The number of hydrogen-bond acceptors (Lipinski definition) is 2. The van der Waals surface area contributed by atoms with E-state index in [9.17, 15) is 0 Å². The van der Waals surface area contributed by atoms with Crippen LogP contribution in [0.15, 0.2) is 30.5 Å². The molecule has 0 aliphatic heterocycles. The Bertz CT molecular complexity index is 497. The number of hydrogen-bond donors (Lipinski definition) is 1. The third-order valence-electron chi connectivity index (χ3n) is 3.26. The Kier molecular flexibility index (Phi) is 3.18. The van der Waals surface area contributed by atoms with Gasteiger partial charge in [0.1, 0.15) is 0 Å². The van der Waals surface area contributed by atoms with Crippen LogP contribution in [0.1, 0.15) is 31.7 Å². The number of nitrogens with zero attached hydrogens (tertiary/aromatic N) is 2. The second-order valence-corrected chi connectivity index (χ2v) is 4.53. The van der Waals surface area contributed by atoms with E-state index in [0.29, 0.717) is 11.7 Å². The summed E-state index contributed by atoms with van der Waals surface area (Å²) in [4.78, 5) is 0. The number of aromatic nitrogens is 2. The van der Waals surface area contributed by atoms with Crippen molar-refractivity contribution in [2.45, 2.75) is 26.2 Å². The van der Waals surface area contributed by atoms with E-state index in [1.165, 1.54) is 5.56 Å². The van der Waals surface area contributed by atoms with Gasteiger partial charge in [0.05, 0.1) is 0 Å². The highest BCUT2D eigenvalue weighted by atomic mass is 15.3. The van der Waals surface area contributed by atoms with Crippen molar-refractivity contribution < 1.29 is 0 Å². The third-order valence-corrected chi connectivity index (χ3v) is 3.26. The molecule has 1 unspecified atom stereocenters. The smallest absolute Gasteiger partial charge is 0.153 e. The van der Waals surface area contributed by atoms with E-state index in [1.54, 1.807) is 4.68 Å². The van der Waals surface area contributed by atoms with Gasteiger partial charge in [-0.05, 0) is 23.5 Å². The van der Waals surface area contributed by atoms with Crippen molar-refractivity contribution in [2.24, 2.45) is 7.05 Å². The first-order valence-electron chi connectivity index (χ1n) is 6.01. The highest BCUT2D eigenvalue weighted by Crippen LogP contribution is 2.27. The molecule has 1 aromatic heterocycles. The van der Waals surface area contributed by atoms with Crippen molar-refractivity contribution in [3.05, 3.63) is 36.0 Å². The van der Waals surface area contributed by atoms with E-state index in [0.717, 1.165) is 17.5 Å². The van der Waals surface area contributed by atoms with Crippen LogP contribution in [0.4, 0.5) is 5.82 Å². The molecule has 3 heteroatoms. The molecule has 0 spiro atoms. The lowest BCUT2D eigenvalue weighted by Crippen LogP contribution is -1.92. The summed E-state index contributed by atoms with van der Waals surface area (Å²) in [6, 6.07) is 8.59. The Balaban J connectivity index is 2.32. The Morgan fingerprint density at radius 1 is 1.29 bits per heavy atom. The zero-order valence-corrected chi connectivity index (χ0v) is 10.6. The molecule has 2 aromatic rings. The standard InChI is InChI=1S/C14H19N3/c1-4-10(2)11-5-7-12(8-6-11)13-9-17(3)16-14(13)15/h5-10H,4H2,1-3H3,(H2,15,16). The van der Waals surface area contributed by atoms with Gasteiger partial charge in [-0.3, -0.25) is 4.68 Å². The third kappa shape index (κ3) is 2.33. The van der Waals surface area contributed by atoms with E-state index in [1.807, 2.05) is 13.2 Å². The molecule has 1 aromatic carbocycles. The predicted octanol–water partition coefficient (Wildman–Crippen LogP) is 3.18. The lowest BCUT2D eigenvalue weighted by atomic mass is 9.96. The Hall–Kier alpha value is -1.77. The minimum Gasteiger partial charge on any atom is -0.382 e. The molecule has 1 heterocycles. The predicted molar refractivity (Wildman–Crippen MR) is 71.8 cm³/mol. The molecule has 0 radical (unpaired) electrons. The fraction of sp³-hybridized carbons (Fsp3) is 0.357. The summed E-state index contributed by atoms with van der Waals surface area (Å²) in [6.07, 6.45) is 3.11. The molecule has 2 rings (SSSR count). The molecule has 0 bridgehead atoms. The van der Waals surface area contributed by atoms with Crippen LogP contribution in [0.3, 0.4) is 0 Å². The summed E-state index contributed by atoms with van der Waals surface area (Å²) in [5, 5.41) is 4.16. The van der Waals surface area contributed by atoms with Crippen molar-refractivity contribution in [2.75, 3.05) is 5.73 Å². The maximum Gasteiger partial charge on any atom is 0.153 e. The van der Waals surface area contributed by atoms with Gasteiger partial charge in [0.2, 0.25) is 0 Å². The minimum atomic E-state index is 0.587. The molecule has 0 saturated carbocycles. The molecule has 90 valence electrons. The average molecular weight is 229 g/mol. The summed E-state index contributed by atoms with van der Waals surface area (Å²) in [7, 11) is 1.88. The number of benzene rings is 1. The SMILES string of the molecule is CCC(C)c1ccc(-c2cn(C)nc2N)cc1. The Morgan fingerprint density at radius 3 is 2.41 bits per heavy atom. The van der Waals surface area contributed by atoms with Gasteiger partial charge in [0, 0.05) is 18.8 Å². The van der Waals surface area contributed by atoms with E-state index in [4.69, 9.17) is 5.73 Å². The molecule has 0 aliphatic carbocycles. The van der Waals surface area contributed by atoms with Crippen molar-refractivity contribution in [3.8, 4) is 11.1 Å². The van der Waals surface area contributed by atoms with Gasteiger partial charge in [-0.25, -0.2) is 0 Å². The summed E-state index contributed by atoms with van der Waals surface area (Å²) in [5.41, 5.74) is 9.37. The zero-order valence-electron chi connectivity index (χ0n) is 10.6. The molecule has 1 atom stereocenters. The van der Waals surface area contributed by atoms with Crippen LogP contribution in [-0.4, -0.2) is 9.78 Å². The summed E-state index contributed by atoms with van der Waals surface area (Å²) in [6.45, 7) is 4.45. The van der Waals surface area contributed by atoms with Gasteiger partial charge >= 0.3 is 0 Å². The Labute approximate surface area is 102 Å². The molecule has 0 fully saturated rings. The number of nitrogens with two attached hydrogens (primary N) is 1. The van der Waals surface area contributed by atoms with Crippen LogP contribution in [0, 0.1) is 0 Å². The molecule has 2 N–H and O–H groups in total. The Morgan fingerprint density at radius 2 is 1.94 bits per heavy atom. The molecule has 0 amide bonds. The average Bonchev–Trinajstić information content (AvgIpc) is 2.68. The van der Waals surface area contributed by atoms with Crippen LogP contribution in [-0.2, 0) is 7.05 Å². The first-order chi connectivity index (χ1) is 8.11. The van der Waals surface area contributed by atoms with Crippen LogP contribution in [0.5, 0.6) is 0 Å². The molecule has 3 nitrogen and oxygen atoms in total. The first-order valence-corrected chi connectivity index (χ1v) is 6.01. The maximum atomic E-state index is 5.87. The molecule has 0 saturated heterocycles. The van der Waals surface area contributed by atoms with Crippen molar-refractivity contribution in [3.63, 3.8) is 0 Å². The van der Waals surface area contributed by atoms with E-state index in [-0.39, 0.29) is 0 Å². The van der Waals surface area contributed by atoms with E-state index >= 15 is 0 Å². The van der Waals surface area contributed by atoms with Gasteiger partial charge in [-0.15, -0.1) is 0 Å². The quantitative estimate of drug-likeness (QED) is 0.878. The number of nitrogen functional groups attached to an aromatic ring is 1. The van der Waals surface area contributed by atoms with E-state index < -0.39 is 0 Å². The lowest BCUT2D eigenvalue weighted by Gasteiger charge is -2.09. The highest BCUT2D eigenvalue weighted by Gasteiger charge is 2.08. The number of rotatable bonds is 3. The maximum absolute atomic E-state index is 5.87. The zero-order chi connectivity index (χ0) is 12.4. The monoisotopic (exact) mass is 229 g/mol. The van der Waals surface area contributed by atoms with Gasteiger partial charge in [-0.2, -0.15) is 5.10 Å². The van der Waals surface area contributed by atoms with Crippen molar-refractivity contribution in [1.82, 2.24) is 9.78 Å². The van der Waals surface area contributed by atoms with Crippen LogP contribution >= 0.6 is 0 Å². The molecule has 17 heavy (non-hydrogen) atoms. The summed E-state index contributed by atoms with van der Waals surface area (Å²) < 4.78 is 1.74. The van der Waals surface area contributed by atoms with Crippen LogP contribution in [0.2, 0.25) is 0 Å². The first kappa shape index (κ1) is 11.7. The van der Waals surface area contributed by atoms with Gasteiger partial charge < -0.3 is 5.73 Å². The number of anilines is 1. The molecule has 0 aliphatic rings. The summed E-state index contributed by atoms with van der Waals surface area (Å²) >= 11 is 0. The van der Waals surface area contributed by atoms with Crippen molar-refractivity contribution in [1.29, 1.82) is 0 Å². The van der Waals surface area contributed by atoms with Crippen LogP contribution in [0.25, 0.3) is 11.1 Å². The van der Waals surface area contributed by atoms with Gasteiger partial charge in [-0.1, -0.05) is 38.1 Å². The highest BCUT2D eigenvalue weighted by molar-refractivity contribution is 5.73. The van der Waals surface area contributed by atoms with Gasteiger partial charge in [0.25, 0.3) is 0 Å². The van der Waals surface area contributed by atoms with Crippen LogP contribution < -0.4 is 5.73 Å². The fourth-order valence-corrected chi connectivity index (χ4v) is 1.95. The molecular weight excluding hydrogens is 210 g/mol. The van der Waals surface area contributed by atoms with Crippen molar-refractivity contribution >= 4 is 5.82 Å². The fourth-order valence-electron chi connectivity index (χ4n) is 1.95. The molecular formula is C14H19N3. The van der Waals surface area contributed by atoms with Gasteiger partial charge in [0.15, 0.2) is 5.82 Å². The van der Waals surface area contributed by atoms with E-state index in [2.05, 4.69) is 43.2 Å². The topological polar surface area (TPSA) is 43.8 Å². The second-order valence-electron chi connectivity index (χ2n) is 4.53. The number of aryl methyl sites for hydroxylation is 1. The minimum absolute atomic E-state index is 0.587. The normalized spacial score (nSPS) is 12.6. The lowest BCUT2D eigenvalue weighted by molar-refractivity contribution is 0.734. The second kappa shape index (κ2) is 4.62. The summed E-state index contributed by atoms with van der Waals surface area (Å²) in [5.74, 6) is 1.19. The largest absolute Gasteiger partial charge is 0.382 e.